The maximum absolute atomic E-state index is 12.4. The van der Waals surface area contributed by atoms with Crippen molar-refractivity contribution in [3.05, 3.63) is 50.9 Å². The van der Waals surface area contributed by atoms with E-state index in [0.717, 1.165) is 20.3 Å². The second-order valence-corrected chi connectivity index (χ2v) is 7.99. The smallest absolute Gasteiger partial charge is 0.325 e. The van der Waals surface area contributed by atoms with Crippen molar-refractivity contribution in [1.82, 2.24) is 23.7 Å². The van der Waals surface area contributed by atoms with Crippen LogP contribution < -0.4 is 16.6 Å². The highest BCUT2D eigenvalue weighted by Gasteiger charge is 2.14. The SMILES string of the molecule is Cc1ccc2nc(NC(=O)CCCn3cnc4c3c(=O)n(C)c(=O)n4C)sc2c1. The van der Waals surface area contributed by atoms with Crippen LogP contribution in [-0.4, -0.2) is 29.6 Å². The minimum atomic E-state index is -0.418. The zero-order chi connectivity index (χ0) is 20.7. The first-order chi connectivity index (χ1) is 13.8. The highest BCUT2D eigenvalue weighted by molar-refractivity contribution is 7.22. The molecule has 150 valence electrons. The van der Waals surface area contributed by atoms with Crippen LogP contribution in [-0.2, 0) is 25.4 Å². The van der Waals surface area contributed by atoms with Gasteiger partial charge in [-0.2, -0.15) is 0 Å². The van der Waals surface area contributed by atoms with Crippen LogP contribution >= 0.6 is 11.3 Å². The van der Waals surface area contributed by atoms with Crippen molar-refractivity contribution in [3.63, 3.8) is 0 Å². The molecule has 4 aromatic rings. The topological polar surface area (TPSA) is 104 Å². The molecule has 0 fully saturated rings. The number of hydrogen-bond acceptors (Lipinski definition) is 6. The lowest BCUT2D eigenvalue weighted by Gasteiger charge is -2.06. The summed E-state index contributed by atoms with van der Waals surface area (Å²) in [4.78, 5) is 45.3. The molecule has 3 heterocycles. The largest absolute Gasteiger partial charge is 0.332 e. The van der Waals surface area contributed by atoms with Crippen molar-refractivity contribution in [1.29, 1.82) is 0 Å². The fraction of sp³-hybridized carbons (Fsp3) is 0.316. The van der Waals surface area contributed by atoms with E-state index in [1.807, 2.05) is 25.1 Å². The summed E-state index contributed by atoms with van der Waals surface area (Å²) in [6, 6.07) is 5.97. The van der Waals surface area contributed by atoms with Crippen molar-refractivity contribution in [2.45, 2.75) is 26.3 Å². The predicted octanol–water partition coefficient (Wildman–Crippen LogP) is 1.77. The number of aryl methyl sites for hydroxylation is 3. The Balaban J connectivity index is 1.44. The highest BCUT2D eigenvalue weighted by Crippen LogP contribution is 2.26. The van der Waals surface area contributed by atoms with E-state index in [9.17, 15) is 14.4 Å². The third kappa shape index (κ3) is 3.46. The number of nitrogens with zero attached hydrogens (tertiary/aromatic N) is 5. The van der Waals surface area contributed by atoms with Gasteiger partial charge < -0.3 is 9.88 Å². The molecule has 3 aromatic heterocycles. The van der Waals surface area contributed by atoms with E-state index in [1.54, 1.807) is 11.6 Å². The fourth-order valence-electron chi connectivity index (χ4n) is 3.24. The molecule has 0 bridgehead atoms. The Kier molecular flexibility index (Phi) is 4.79. The molecule has 0 saturated heterocycles. The molecule has 0 radical (unpaired) electrons. The van der Waals surface area contributed by atoms with Crippen LogP contribution in [0, 0.1) is 6.92 Å². The van der Waals surface area contributed by atoms with Gasteiger partial charge in [-0.3, -0.25) is 18.7 Å². The predicted molar refractivity (Wildman–Crippen MR) is 112 cm³/mol. The summed E-state index contributed by atoms with van der Waals surface area (Å²) in [5, 5.41) is 3.41. The van der Waals surface area contributed by atoms with Crippen LogP contribution in [0.25, 0.3) is 21.4 Å². The van der Waals surface area contributed by atoms with Gasteiger partial charge in [0.15, 0.2) is 16.3 Å². The van der Waals surface area contributed by atoms with Gasteiger partial charge in [0.2, 0.25) is 5.91 Å². The van der Waals surface area contributed by atoms with E-state index in [2.05, 4.69) is 15.3 Å². The van der Waals surface area contributed by atoms with Gasteiger partial charge in [0.1, 0.15) is 0 Å². The summed E-state index contributed by atoms with van der Waals surface area (Å²) >= 11 is 1.44. The van der Waals surface area contributed by atoms with Crippen molar-refractivity contribution >= 4 is 43.8 Å². The molecule has 1 N–H and O–H groups in total. The molecule has 0 aliphatic carbocycles. The van der Waals surface area contributed by atoms with Crippen LogP contribution in [0.4, 0.5) is 5.13 Å². The minimum absolute atomic E-state index is 0.134. The van der Waals surface area contributed by atoms with E-state index in [-0.39, 0.29) is 12.3 Å². The number of hydrogen-bond donors (Lipinski definition) is 1. The van der Waals surface area contributed by atoms with Gasteiger partial charge in [-0.25, -0.2) is 14.8 Å². The number of aromatic nitrogens is 5. The number of fused-ring (bicyclic) bond motifs is 2. The number of rotatable bonds is 5. The molecule has 0 aliphatic rings. The lowest BCUT2D eigenvalue weighted by Crippen LogP contribution is -2.37. The lowest BCUT2D eigenvalue weighted by atomic mass is 10.2. The quantitative estimate of drug-likeness (QED) is 0.538. The Morgan fingerprint density at radius 1 is 1.21 bits per heavy atom. The van der Waals surface area contributed by atoms with Gasteiger partial charge in [0.25, 0.3) is 5.56 Å². The van der Waals surface area contributed by atoms with Crippen LogP contribution in [0.15, 0.2) is 34.1 Å². The average Bonchev–Trinajstić information content (AvgIpc) is 3.28. The monoisotopic (exact) mass is 412 g/mol. The van der Waals surface area contributed by atoms with Gasteiger partial charge >= 0.3 is 5.69 Å². The number of amides is 1. The number of imidazole rings is 1. The summed E-state index contributed by atoms with van der Waals surface area (Å²) in [5.74, 6) is -0.134. The van der Waals surface area contributed by atoms with Crippen LogP contribution in [0.5, 0.6) is 0 Å². The molecule has 0 aliphatic heterocycles. The standard InChI is InChI=1S/C19H20N6O3S/c1-11-6-7-12-13(9-11)29-18(21-12)22-14(26)5-4-8-25-10-20-16-15(25)17(27)24(3)19(28)23(16)2/h6-7,9-10H,4-5,8H2,1-3H3,(H,21,22,26). The van der Waals surface area contributed by atoms with Gasteiger partial charge in [-0.15, -0.1) is 0 Å². The molecule has 4 rings (SSSR count). The minimum Gasteiger partial charge on any atom is -0.325 e. The first-order valence-electron chi connectivity index (χ1n) is 9.13. The second-order valence-electron chi connectivity index (χ2n) is 6.96. The summed E-state index contributed by atoms with van der Waals surface area (Å²) in [6.07, 6.45) is 2.33. The molecule has 1 amide bonds. The number of benzene rings is 1. The van der Waals surface area contributed by atoms with Crippen LogP contribution in [0.2, 0.25) is 0 Å². The van der Waals surface area contributed by atoms with Gasteiger partial charge in [0.05, 0.1) is 16.5 Å². The van der Waals surface area contributed by atoms with Crippen molar-refractivity contribution in [2.24, 2.45) is 14.1 Å². The molecule has 10 heteroatoms. The number of nitrogens with one attached hydrogen (secondary N) is 1. The summed E-state index contributed by atoms with van der Waals surface area (Å²) in [6.45, 7) is 2.46. The van der Waals surface area contributed by atoms with E-state index in [0.29, 0.717) is 29.3 Å². The zero-order valence-corrected chi connectivity index (χ0v) is 17.1. The first kappa shape index (κ1) is 19.1. The molecule has 1 aromatic carbocycles. The van der Waals surface area contributed by atoms with Gasteiger partial charge in [-0.1, -0.05) is 17.4 Å². The number of carbonyl (C=O) groups excluding carboxylic acids is 1. The fourth-order valence-corrected chi connectivity index (χ4v) is 4.22. The number of carbonyl (C=O) groups is 1. The molecular weight excluding hydrogens is 392 g/mol. The summed E-state index contributed by atoms with van der Waals surface area (Å²) < 4.78 is 5.12. The maximum Gasteiger partial charge on any atom is 0.332 e. The molecule has 9 nitrogen and oxygen atoms in total. The second kappa shape index (κ2) is 7.28. The molecule has 0 unspecified atom stereocenters. The Morgan fingerprint density at radius 2 is 2.00 bits per heavy atom. The maximum atomic E-state index is 12.4. The van der Waals surface area contributed by atoms with Crippen molar-refractivity contribution in [3.8, 4) is 0 Å². The van der Waals surface area contributed by atoms with E-state index in [1.165, 1.54) is 29.3 Å². The van der Waals surface area contributed by atoms with Crippen LogP contribution in [0.3, 0.4) is 0 Å². The van der Waals surface area contributed by atoms with Crippen LogP contribution in [0.1, 0.15) is 18.4 Å². The third-order valence-corrected chi connectivity index (χ3v) is 5.74. The number of anilines is 1. The van der Waals surface area contributed by atoms with E-state index in [4.69, 9.17) is 0 Å². The van der Waals surface area contributed by atoms with Crippen molar-refractivity contribution < 1.29 is 4.79 Å². The van der Waals surface area contributed by atoms with Gasteiger partial charge in [-0.05, 0) is 31.0 Å². The summed E-state index contributed by atoms with van der Waals surface area (Å²) in [7, 11) is 3.02. The van der Waals surface area contributed by atoms with E-state index >= 15 is 0 Å². The Hall–Kier alpha value is -3.27. The molecular formula is C19H20N6O3S. The molecule has 0 saturated carbocycles. The Labute approximate surface area is 169 Å². The average molecular weight is 412 g/mol. The first-order valence-corrected chi connectivity index (χ1v) is 9.94. The van der Waals surface area contributed by atoms with Crippen molar-refractivity contribution in [2.75, 3.05) is 5.32 Å². The lowest BCUT2D eigenvalue weighted by molar-refractivity contribution is -0.116. The molecule has 0 spiro atoms. The van der Waals surface area contributed by atoms with E-state index < -0.39 is 11.2 Å². The molecule has 0 atom stereocenters. The third-order valence-electron chi connectivity index (χ3n) is 4.81. The molecule has 29 heavy (non-hydrogen) atoms. The normalized spacial score (nSPS) is 11.4. The Morgan fingerprint density at radius 3 is 2.79 bits per heavy atom. The zero-order valence-electron chi connectivity index (χ0n) is 16.3. The number of thiazole rings is 1. The summed E-state index contributed by atoms with van der Waals surface area (Å²) in [5.41, 5.74) is 1.90. The highest BCUT2D eigenvalue weighted by atomic mass is 32.1. The van der Waals surface area contributed by atoms with Gasteiger partial charge in [0, 0.05) is 27.1 Å². The Bertz CT molecular complexity index is 1360.